The summed E-state index contributed by atoms with van der Waals surface area (Å²) in [5, 5.41) is 5.84. The van der Waals surface area contributed by atoms with Crippen LogP contribution in [0.4, 0.5) is 0 Å². The number of rotatable bonds is 3. The third kappa shape index (κ3) is 2.54. The summed E-state index contributed by atoms with van der Waals surface area (Å²) in [5.41, 5.74) is 1.58. The molecule has 0 amide bonds. The van der Waals surface area contributed by atoms with Crippen LogP contribution < -0.4 is 9.86 Å². The smallest absolute Gasteiger partial charge is 0.256 e. The van der Waals surface area contributed by atoms with Crippen LogP contribution in [0.15, 0.2) is 36.5 Å². The molecule has 0 saturated heterocycles. The molecule has 84 valence electrons. The lowest BCUT2D eigenvalue weighted by molar-refractivity contribution is 0.583. The average molecular weight is 237 g/mol. The van der Waals surface area contributed by atoms with Gasteiger partial charge < -0.3 is 0 Å². The number of fused-ring (bicyclic) bond motifs is 1. The summed E-state index contributed by atoms with van der Waals surface area (Å²) in [7, 11) is -3.67. The largest absolute Gasteiger partial charge is 0.274 e. The van der Waals surface area contributed by atoms with E-state index < -0.39 is 10.2 Å². The maximum atomic E-state index is 10.8. The van der Waals surface area contributed by atoms with Crippen LogP contribution in [0.5, 0.6) is 0 Å². The van der Waals surface area contributed by atoms with E-state index >= 15 is 0 Å². The van der Waals surface area contributed by atoms with Gasteiger partial charge >= 0.3 is 0 Å². The quantitative estimate of drug-likeness (QED) is 0.816. The van der Waals surface area contributed by atoms with Crippen molar-refractivity contribution in [3.63, 3.8) is 0 Å². The number of pyridine rings is 1. The lowest BCUT2D eigenvalue weighted by atomic mass is 10.1. The third-order valence-electron chi connectivity index (χ3n) is 2.18. The van der Waals surface area contributed by atoms with E-state index in [-0.39, 0.29) is 6.54 Å². The number of nitrogens with two attached hydrogens (primary N) is 1. The number of benzene rings is 1. The van der Waals surface area contributed by atoms with Gasteiger partial charge in [-0.3, -0.25) is 4.98 Å². The summed E-state index contributed by atoms with van der Waals surface area (Å²) >= 11 is 0. The van der Waals surface area contributed by atoms with Crippen molar-refractivity contribution in [1.82, 2.24) is 9.71 Å². The molecule has 2 rings (SSSR count). The Bertz CT molecular complexity index is 605. The SMILES string of the molecule is NS(=O)(=O)NCc1cccc2cccnc12. The fourth-order valence-corrected chi connectivity index (χ4v) is 1.85. The number of aromatic nitrogens is 1. The second-order valence-electron chi connectivity index (χ2n) is 3.36. The first-order valence-electron chi connectivity index (χ1n) is 4.66. The minimum atomic E-state index is -3.67. The fraction of sp³-hybridized carbons (Fsp3) is 0.100. The fourth-order valence-electron chi connectivity index (χ4n) is 1.49. The number of hydrogen-bond donors (Lipinski definition) is 2. The van der Waals surface area contributed by atoms with Crippen molar-refractivity contribution in [1.29, 1.82) is 0 Å². The van der Waals surface area contributed by atoms with Crippen LogP contribution in [0.3, 0.4) is 0 Å². The first-order chi connectivity index (χ1) is 7.56. The molecule has 1 aromatic carbocycles. The molecular formula is C10H11N3O2S. The predicted octanol–water partition coefficient (Wildman–Crippen LogP) is 0.528. The van der Waals surface area contributed by atoms with Gasteiger partial charge in [0.2, 0.25) is 0 Å². The van der Waals surface area contributed by atoms with Gasteiger partial charge in [0.25, 0.3) is 10.2 Å². The molecule has 2 aromatic rings. The Morgan fingerprint density at radius 2 is 2.00 bits per heavy atom. The van der Waals surface area contributed by atoms with Crippen molar-refractivity contribution in [2.24, 2.45) is 5.14 Å². The van der Waals surface area contributed by atoms with E-state index in [1.54, 1.807) is 6.20 Å². The Balaban J connectivity index is 2.38. The first-order valence-corrected chi connectivity index (χ1v) is 6.21. The molecule has 0 aliphatic rings. The molecule has 0 radical (unpaired) electrons. The van der Waals surface area contributed by atoms with E-state index in [1.807, 2.05) is 30.3 Å². The topological polar surface area (TPSA) is 85.1 Å². The zero-order valence-electron chi connectivity index (χ0n) is 8.42. The van der Waals surface area contributed by atoms with Crippen LogP contribution in [0.2, 0.25) is 0 Å². The summed E-state index contributed by atoms with van der Waals surface area (Å²) in [6.45, 7) is 0.146. The lowest BCUT2D eigenvalue weighted by Crippen LogP contribution is -2.30. The minimum absolute atomic E-state index is 0.146. The summed E-state index contributed by atoms with van der Waals surface area (Å²) in [6.07, 6.45) is 1.67. The molecule has 0 spiro atoms. The summed E-state index contributed by atoms with van der Waals surface area (Å²) in [5.74, 6) is 0. The van der Waals surface area contributed by atoms with E-state index in [0.29, 0.717) is 0 Å². The van der Waals surface area contributed by atoms with Gasteiger partial charge in [0, 0.05) is 18.1 Å². The van der Waals surface area contributed by atoms with Gasteiger partial charge in [0.15, 0.2) is 0 Å². The van der Waals surface area contributed by atoms with E-state index in [4.69, 9.17) is 5.14 Å². The lowest BCUT2D eigenvalue weighted by Gasteiger charge is -2.05. The second kappa shape index (κ2) is 4.17. The van der Waals surface area contributed by atoms with Crippen LogP contribution in [0, 0.1) is 0 Å². The maximum absolute atomic E-state index is 10.8. The van der Waals surface area contributed by atoms with Gasteiger partial charge in [-0.2, -0.15) is 13.1 Å². The van der Waals surface area contributed by atoms with Gasteiger partial charge in [-0.25, -0.2) is 5.14 Å². The average Bonchev–Trinajstić information content (AvgIpc) is 2.25. The summed E-state index contributed by atoms with van der Waals surface area (Å²) < 4.78 is 23.8. The van der Waals surface area contributed by atoms with Gasteiger partial charge in [-0.1, -0.05) is 24.3 Å². The zero-order chi connectivity index (χ0) is 11.6. The van der Waals surface area contributed by atoms with Crippen molar-refractivity contribution < 1.29 is 8.42 Å². The third-order valence-corrected chi connectivity index (χ3v) is 2.73. The van der Waals surface area contributed by atoms with E-state index in [2.05, 4.69) is 9.71 Å². The van der Waals surface area contributed by atoms with Gasteiger partial charge in [0.1, 0.15) is 0 Å². The maximum Gasteiger partial charge on any atom is 0.274 e. The molecule has 3 N–H and O–H groups in total. The molecule has 6 heteroatoms. The van der Waals surface area contributed by atoms with Crippen molar-refractivity contribution in [3.05, 3.63) is 42.1 Å². The van der Waals surface area contributed by atoms with Crippen LogP contribution >= 0.6 is 0 Å². The van der Waals surface area contributed by atoms with Crippen molar-refractivity contribution in [3.8, 4) is 0 Å². The summed E-state index contributed by atoms with van der Waals surface area (Å²) in [4.78, 5) is 4.21. The predicted molar refractivity (Wildman–Crippen MR) is 61.7 cm³/mol. The van der Waals surface area contributed by atoms with E-state index in [9.17, 15) is 8.42 Å². The standard InChI is InChI=1S/C10H11N3O2S/c11-16(14,15)13-7-9-4-1-3-8-5-2-6-12-10(8)9/h1-6,13H,7H2,(H2,11,14,15). The molecule has 0 bridgehead atoms. The number of nitrogens with zero attached hydrogens (tertiary/aromatic N) is 1. The Hall–Kier alpha value is -1.50. The molecule has 0 unspecified atom stereocenters. The first kappa shape index (κ1) is 11.0. The van der Waals surface area contributed by atoms with Gasteiger partial charge in [0.05, 0.1) is 5.52 Å². The highest BCUT2D eigenvalue weighted by molar-refractivity contribution is 7.87. The Kier molecular flexibility index (Phi) is 2.86. The Morgan fingerprint density at radius 1 is 1.25 bits per heavy atom. The van der Waals surface area contributed by atoms with Crippen LogP contribution in [-0.4, -0.2) is 13.4 Å². The van der Waals surface area contributed by atoms with E-state index in [0.717, 1.165) is 16.5 Å². The zero-order valence-corrected chi connectivity index (χ0v) is 9.24. The minimum Gasteiger partial charge on any atom is -0.256 e. The molecule has 0 fully saturated rings. The molecule has 16 heavy (non-hydrogen) atoms. The van der Waals surface area contributed by atoms with Crippen molar-refractivity contribution in [2.75, 3.05) is 0 Å². The molecule has 0 saturated carbocycles. The van der Waals surface area contributed by atoms with Crippen LogP contribution in [0.1, 0.15) is 5.56 Å². The monoisotopic (exact) mass is 237 g/mol. The van der Waals surface area contributed by atoms with Gasteiger partial charge in [-0.05, 0) is 11.6 Å². The summed E-state index contributed by atoms with van der Waals surface area (Å²) in [6, 6.07) is 9.34. The Labute approximate surface area is 93.5 Å². The van der Waals surface area contributed by atoms with E-state index in [1.165, 1.54) is 0 Å². The molecule has 5 nitrogen and oxygen atoms in total. The highest BCUT2D eigenvalue weighted by Gasteiger charge is 2.05. The number of nitrogens with one attached hydrogen (secondary N) is 1. The normalized spacial score (nSPS) is 11.8. The molecule has 1 heterocycles. The van der Waals surface area contributed by atoms with Gasteiger partial charge in [-0.15, -0.1) is 0 Å². The highest BCUT2D eigenvalue weighted by Crippen LogP contribution is 2.15. The molecule has 0 aliphatic carbocycles. The second-order valence-corrected chi connectivity index (χ2v) is 4.74. The molecule has 0 aliphatic heterocycles. The Morgan fingerprint density at radius 3 is 2.75 bits per heavy atom. The number of hydrogen-bond acceptors (Lipinski definition) is 3. The number of para-hydroxylation sites is 1. The molecule has 0 atom stereocenters. The molecule has 1 aromatic heterocycles. The van der Waals surface area contributed by atoms with Crippen molar-refractivity contribution >= 4 is 21.1 Å². The van der Waals surface area contributed by atoms with Crippen LogP contribution in [-0.2, 0) is 16.8 Å². The van der Waals surface area contributed by atoms with Crippen molar-refractivity contribution in [2.45, 2.75) is 6.54 Å². The molecular weight excluding hydrogens is 226 g/mol. The van der Waals surface area contributed by atoms with Crippen LogP contribution in [0.25, 0.3) is 10.9 Å². The highest BCUT2D eigenvalue weighted by atomic mass is 32.2.